The van der Waals surface area contributed by atoms with Crippen LogP contribution in [0.15, 0.2) is 5.11 Å². The lowest BCUT2D eigenvalue weighted by atomic mass is 10.2. The van der Waals surface area contributed by atoms with E-state index in [-0.39, 0.29) is 12.1 Å². The summed E-state index contributed by atoms with van der Waals surface area (Å²) in [4.78, 5) is 2.72. The second-order valence-corrected chi connectivity index (χ2v) is 2.20. The third-order valence-corrected chi connectivity index (χ3v) is 1.63. The Labute approximate surface area is 59.0 Å². The zero-order valence-corrected chi connectivity index (χ0v) is 5.82. The minimum atomic E-state index is -0.0324. The first-order valence-electron chi connectivity index (χ1n) is 3.16. The lowest BCUT2D eigenvalue weighted by Gasteiger charge is -2.09. The lowest BCUT2D eigenvalue weighted by molar-refractivity contribution is 0.107. The summed E-state index contributed by atoms with van der Waals surface area (Å²) in [5.41, 5.74) is 8.11. The Kier molecular flexibility index (Phi) is 2.50. The van der Waals surface area contributed by atoms with Crippen LogP contribution in [-0.2, 0) is 4.74 Å². The van der Waals surface area contributed by atoms with Gasteiger partial charge in [0.2, 0.25) is 0 Å². The van der Waals surface area contributed by atoms with Crippen LogP contribution in [-0.4, -0.2) is 32.3 Å². The van der Waals surface area contributed by atoms with Gasteiger partial charge in [-0.05, 0) is 5.53 Å². The monoisotopic (exact) mass is 142 g/mol. The van der Waals surface area contributed by atoms with Crippen molar-refractivity contribution >= 4 is 0 Å². The molecule has 0 bridgehead atoms. The van der Waals surface area contributed by atoms with E-state index in [0.717, 1.165) is 13.1 Å². The van der Waals surface area contributed by atoms with E-state index < -0.39 is 0 Å². The summed E-state index contributed by atoms with van der Waals surface area (Å²) in [7, 11) is 1.62. The number of ether oxygens (including phenoxy) is 1. The SMILES string of the molecule is CO[C@@H]1CNCC1N=[N+]=[N-]. The molecule has 1 saturated heterocycles. The van der Waals surface area contributed by atoms with Crippen LogP contribution in [0.25, 0.3) is 10.4 Å². The van der Waals surface area contributed by atoms with Crippen molar-refractivity contribution in [2.24, 2.45) is 5.11 Å². The Morgan fingerprint density at radius 3 is 3.10 bits per heavy atom. The summed E-state index contributed by atoms with van der Waals surface area (Å²) in [6, 6.07) is -0.0324. The number of nitrogens with zero attached hydrogens (tertiary/aromatic N) is 3. The van der Waals surface area contributed by atoms with Crippen LogP contribution in [0.4, 0.5) is 0 Å². The maximum Gasteiger partial charge on any atom is 0.0792 e. The number of azide groups is 1. The minimum absolute atomic E-state index is 0.0324. The average molecular weight is 142 g/mol. The highest BCUT2D eigenvalue weighted by atomic mass is 16.5. The van der Waals surface area contributed by atoms with Gasteiger partial charge in [0, 0.05) is 25.1 Å². The quantitative estimate of drug-likeness (QED) is 0.342. The number of rotatable bonds is 2. The molecule has 1 unspecified atom stereocenters. The van der Waals surface area contributed by atoms with Crippen molar-refractivity contribution in [3.05, 3.63) is 10.4 Å². The van der Waals surface area contributed by atoms with Crippen molar-refractivity contribution in [2.75, 3.05) is 20.2 Å². The van der Waals surface area contributed by atoms with Gasteiger partial charge in [0.15, 0.2) is 0 Å². The van der Waals surface area contributed by atoms with Crippen LogP contribution in [0, 0.1) is 0 Å². The minimum Gasteiger partial charge on any atom is -0.380 e. The van der Waals surface area contributed by atoms with E-state index >= 15 is 0 Å². The summed E-state index contributed by atoms with van der Waals surface area (Å²) in [5.74, 6) is 0. The summed E-state index contributed by atoms with van der Waals surface area (Å²) in [5, 5.41) is 6.64. The van der Waals surface area contributed by atoms with Crippen LogP contribution < -0.4 is 5.32 Å². The Balaban J connectivity index is 2.49. The molecule has 5 nitrogen and oxygen atoms in total. The van der Waals surface area contributed by atoms with E-state index in [1.807, 2.05) is 0 Å². The maximum absolute atomic E-state index is 8.11. The van der Waals surface area contributed by atoms with E-state index in [4.69, 9.17) is 10.3 Å². The van der Waals surface area contributed by atoms with Crippen LogP contribution in [0.5, 0.6) is 0 Å². The predicted molar refractivity (Wildman–Crippen MR) is 36.6 cm³/mol. The molecule has 0 spiro atoms. The number of nitrogens with one attached hydrogen (secondary N) is 1. The Hall–Kier alpha value is -0.770. The van der Waals surface area contributed by atoms with Gasteiger partial charge in [-0.15, -0.1) is 0 Å². The Morgan fingerprint density at radius 2 is 2.50 bits per heavy atom. The van der Waals surface area contributed by atoms with Gasteiger partial charge in [-0.1, -0.05) is 5.11 Å². The molecule has 2 atom stereocenters. The molecule has 1 aliphatic rings. The van der Waals surface area contributed by atoms with Gasteiger partial charge in [-0.3, -0.25) is 0 Å². The zero-order chi connectivity index (χ0) is 7.40. The van der Waals surface area contributed by atoms with Gasteiger partial charge in [0.25, 0.3) is 0 Å². The molecule has 5 heteroatoms. The van der Waals surface area contributed by atoms with Gasteiger partial charge in [0.1, 0.15) is 0 Å². The molecule has 0 aromatic rings. The normalized spacial score (nSPS) is 31.7. The fraction of sp³-hybridized carbons (Fsp3) is 1.00. The molecule has 1 aliphatic heterocycles. The number of hydrogen-bond acceptors (Lipinski definition) is 3. The van der Waals surface area contributed by atoms with Crippen molar-refractivity contribution in [3.8, 4) is 0 Å². The third-order valence-electron chi connectivity index (χ3n) is 1.63. The van der Waals surface area contributed by atoms with Gasteiger partial charge in [-0.2, -0.15) is 0 Å². The number of hydrogen-bond donors (Lipinski definition) is 1. The van der Waals surface area contributed by atoms with Crippen molar-refractivity contribution in [2.45, 2.75) is 12.1 Å². The van der Waals surface area contributed by atoms with Gasteiger partial charge in [-0.25, -0.2) is 0 Å². The van der Waals surface area contributed by atoms with E-state index in [0.29, 0.717) is 0 Å². The highest BCUT2D eigenvalue weighted by Gasteiger charge is 2.25. The molecular formula is C5H10N4O. The summed E-state index contributed by atoms with van der Waals surface area (Å²) >= 11 is 0. The standard InChI is InChI=1S/C5H10N4O/c1-10-5-3-7-2-4(5)8-9-6/h4-5,7H,2-3H2,1H3/t4?,5-/m1/s1. The smallest absolute Gasteiger partial charge is 0.0792 e. The summed E-state index contributed by atoms with van der Waals surface area (Å²) < 4.78 is 5.05. The molecule has 0 radical (unpaired) electrons. The molecule has 0 aromatic carbocycles. The van der Waals surface area contributed by atoms with Crippen LogP contribution in [0.1, 0.15) is 0 Å². The van der Waals surface area contributed by atoms with Crippen LogP contribution in [0.2, 0.25) is 0 Å². The second kappa shape index (κ2) is 3.41. The molecule has 1 N–H and O–H groups in total. The molecule has 0 amide bonds. The Morgan fingerprint density at radius 1 is 1.70 bits per heavy atom. The number of methoxy groups -OCH3 is 1. The van der Waals surface area contributed by atoms with Crippen molar-refractivity contribution in [1.29, 1.82) is 0 Å². The fourth-order valence-corrected chi connectivity index (χ4v) is 1.06. The fourth-order valence-electron chi connectivity index (χ4n) is 1.06. The topological polar surface area (TPSA) is 70.0 Å². The van der Waals surface area contributed by atoms with Crippen molar-refractivity contribution in [1.82, 2.24) is 5.32 Å². The summed E-state index contributed by atoms with van der Waals surface area (Å²) in [6.45, 7) is 1.50. The third kappa shape index (κ3) is 1.39. The van der Waals surface area contributed by atoms with Gasteiger partial charge >= 0.3 is 0 Å². The molecule has 1 heterocycles. The van der Waals surface area contributed by atoms with Crippen LogP contribution in [0.3, 0.4) is 0 Å². The summed E-state index contributed by atoms with van der Waals surface area (Å²) in [6.07, 6.45) is 0.0518. The highest BCUT2D eigenvalue weighted by molar-refractivity contribution is 4.87. The molecule has 1 rings (SSSR count). The Bertz CT molecular complexity index is 154. The lowest BCUT2D eigenvalue weighted by Crippen LogP contribution is -2.23. The molecular weight excluding hydrogens is 132 g/mol. The van der Waals surface area contributed by atoms with Crippen LogP contribution >= 0.6 is 0 Å². The van der Waals surface area contributed by atoms with E-state index in [1.165, 1.54) is 0 Å². The molecule has 56 valence electrons. The first-order chi connectivity index (χ1) is 4.88. The highest BCUT2D eigenvalue weighted by Crippen LogP contribution is 2.07. The van der Waals surface area contributed by atoms with Gasteiger partial charge in [0.05, 0.1) is 12.1 Å². The zero-order valence-electron chi connectivity index (χ0n) is 5.82. The second-order valence-electron chi connectivity index (χ2n) is 2.20. The van der Waals surface area contributed by atoms with E-state index in [9.17, 15) is 0 Å². The molecule has 1 fully saturated rings. The molecule has 10 heavy (non-hydrogen) atoms. The molecule has 0 aliphatic carbocycles. The molecule has 0 saturated carbocycles. The largest absolute Gasteiger partial charge is 0.380 e. The van der Waals surface area contributed by atoms with E-state index in [1.54, 1.807) is 7.11 Å². The average Bonchev–Trinajstić information content (AvgIpc) is 2.36. The first-order valence-corrected chi connectivity index (χ1v) is 3.16. The van der Waals surface area contributed by atoms with Crippen molar-refractivity contribution in [3.63, 3.8) is 0 Å². The first kappa shape index (κ1) is 7.34. The van der Waals surface area contributed by atoms with Crippen molar-refractivity contribution < 1.29 is 4.74 Å². The van der Waals surface area contributed by atoms with E-state index in [2.05, 4.69) is 15.3 Å². The predicted octanol–water partition coefficient (Wildman–Crippen LogP) is 0.283. The maximum atomic E-state index is 8.11. The molecule has 0 aromatic heterocycles. The van der Waals surface area contributed by atoms with Gasteiger partial charge < -0.3 is 10.1 Å².